The van der Waals surface area contributed by atoms with Crippen LogP contribution in [0.25, 0.3) is 6.08 Å². The van der Waals surface area contributed by atoms with Crippen LogP contribution < -0.4 is 10.5 Å². The van der Waals surface area contributed by atoms with Gasteiger partial charge < -0.3 is 15.6 Å². The number of benzene rings is 1. The molecule has 3 N–H and O–H groups in total. The summed E-state index contributed by atoms with van der Waals surface area (Å²) >= 11 is 0. The minimum Gasteiger partial charge on any atom is -0.496 e. The monoisotopic (exact) mass is 249 g/mol. The molecule has 0 saturated heterocycles. The van der Waals surface area contributed by atoms with Gasteiger partial charge in [-0.3, -0.25) is 9.59 Å². The Kier molecular flexibility index (Phi) is 4.92. The van der Waals surface area contributed by atoms with Gasteiger partial charge in [-0.2, -0.15) is 0 Å². The molecule has 1 amide bonds. The van der Waals surface area contributed by atoms with Crippen molar-refractivity contribution in [3.63, 3.8) is 0 Å². The topological polar surface area (TPSA) is 89.6 Å². The summed E-state index contributed by atoms with van der Waals surface area (Å²) in [5.41, 5.74) is 6.44. The van der Waals surface area contributed by atoms with Gasteiger partial charge in [-0.25, -0.2) is 0 Å². The maximum absolute atomic E-state index is 10.6. The molecular weight excluding hydrogens is 234 g/mol. The highest BCUT2D eigenvalue weighted by Crippen LogP contribution is 2.21. The normalized spacial score (nSPS) is 10.5. The van der Waals surface area contributed by atoms with Crippen molar-refractivity contribution in [2.45, 2.75) is 12.8 Å². The van der Waals surface area contributed by atoms with Gasteiger partial charge in [0.1, 0.15) is 5.75 Å². The van der Waals surface area contributed by atoms with Gasteiger partial charge in [0.15, 0.2) is 0 Å². The zero-order valence-electron chi connectivity index (χ0n) is 10.1. The Balaban J connectivity index is 2.87. The molecule has 0 aliphatic heterocycles. The van der Waals surface area contributed by atoms with Gasteiger partial charge in [-0.1, -0.05) is 24.3 Å². The van der Waals surface area contributed by atoms with Gasteiger partial charge in [0.2, 0.25) is 5.91 Å². The van der Waals surface area contributed by atoms with E-state index in [-0.39, 0.29) is 12.8 Å². The molecule has 5 nitrogen and oxygen atoms in total. The first-order valence-corrected chi connectivity index (χ1v) is 5.36. The van der Waals surface area contributed by atoms with Gasteiger partial charge in [-0.15, -0.1) is 0 Å². The van der Waals surface area contributed by atoms with E-state index in [2.05, 4.69) is 0 Å². The lowest BCUT2D eigenvalue weighted by atomic mass is 10.1. The minimum absolute atomic E-state index is 0.0888. The maximum atomic E-state index is 10.6. The zero-order valence-corrected chi connectivity index (χ0v) is 10.1. The van der Waals surface area contributed by atoms with Gasteiger partial charge in [0.25, 0.3) is 0 Å². The zero-order chi connectivity index (χ0) is 13.5. The van der Waals surface area contributed by atoms with Crippen LogP contribution in [-0.4, -0.2) is 24.1 Å². The minimum atomic E-state index is -0.912. The quantitative estimate of drug-likeness (QED) is 0.793. The number of carboxylic acid groups (broad SMARTS) is 1. The molecule has 0 radical (unpaired) electrons. The van der Waals surface area contributed by atoms with Crippen molar-refractivity contribution in [2.24, 2.45) is 5.73 Å². The molecule has 0 fully saturated rings. The predicted molar refractivity (Wildman–Crippen MR) is 67.2 cm³/mol. The first-order valence-electron chi connectivity index (χ1n) is 5.36. The Hall–Kier alpha value is -2.30. The molecule has 5 heteroatoms. The molecule has 18 heavy (non-hydrogen) atoms. The number of carbonyl (C=O) groups is 2. The maximum Gasteiger partial charge on any atom is 0.307 e. The molecule has 0 heterocycles. The van der Waals surface area contributed by atoms with E-state index in [1.807, 2.05) is 0 Å². The molecule has 0 aliphatic carbocycles. The molecule has 0 aromatic heterocycles. The second kappa shape index (κ2) is 6.44. The second-order valence-electron chi connectivity index (χ2n) is 3.71. The van der Waals surface area contributed by atoms with Crippen molar-refractivity contribution < 1.29 is 19.4 Å². The number of carbonyl (C=O) groups excluding carboxylic acids is 1. The number of ether oxygens (including phenoxy) is 1. The average Bonchev–Trinajstić information content (AvgIpc) is 2.29. The van der Waals surface area contributed by atoms with Crippen molar-refractivity contribution in [1.29, 1.82) is 0 Å². The Bertz CT molecular complexity index is 480. The fourth-order valence-electron chi connectivity index (χ4n) is 1.48. The van der Waals surface area contributed by atoms with Gasteiger partial charge in [-0.05, 0) is 11.6 Å². The molecule has 1 rings (SSSR count). The summed E-state index contributed by atoms with van der Waals surface area (Å²) < 4.78 is 5.13. The Morgan fingerprint density at radius 1 is 1.44 bits per heavy atom. The van der Waals surface area contributed by atoms with E-state index in [0.717, 1.165) is 5.56 Å². The molecule has 0 spiro atoms. The molecular formula is C13H15NO4. The van der Waals surface area contributed by atoms with E-state index in [1.165, 1.54) is 7.11 Å². The largest absolute Gasteiger partial charge is 0.496 e. The molecule has 1 aromatic rings. The van der Waals surface area contributed by atoms with Crippen LogP contribution in [0.3, 0.4) is 0 Å². The summed E-state index contributed by atoms with van der Waals surface area (Å²) in [5, 5.41) is 8.74. The molecule has 96 valence electrons. The van der Waals surface area contributed by atoms with Crippen molar-refractivity contribution in [1.82, 2.24) is 0 Å². The predicted octanol–water partition coefficient (Wildman–Crippen LogP) is 1.21. The number of carboxylic acids is 1. The van der Waals surface area contributed by atoms with Gasteiger partial charge in [0.05, 0.1) is 13.5 Å². The van der Waals surface area contributed by atoms with Crippen molar-refractivity contribution in [3.05, 3.63) is 35.4 Å². The number of hydrogen-bond acceptors (Lipinski definition) is 3. The highest BCUT2D eigenvalue weighted by atomic mass is 16.5. The number of amides is 1. The smallest absolute Gasteiger partial charge is 0.307 e. The summed E-state index contributed by atoms with van der Waals surface area (Å²) in [6, 6.07) is 5.17. The Labute approximate surface area is 105 Å². The average molecular weight is 249 g/mol. The number of methoxy groups -OCH3 is 1. The highest BCUT2D eigenvalue weighted by molar-refractivity contribution is 5.76. The van der Waals surface area contributed by atoms with E-state index in [4.69, 9.17) is 15.6 Å². The molecule has 0 saturated carbocycles. The summed E-state index contributed by atoms with van der Waals surface area (Å²) in [6.45, 7) is 0. The van der Waals surface area contributed by atoms with Crippen LogP contribution in [0.5, 0.6) is 5.75 Å². The number of primary amides is 1. The molecule has 0 bridgehead atoms. The van der Waals surface area contributed by atoms with Crippen LogP contribution in [0, 0.1) is 0 Å². The molecule has 0 atom stereocenters. The highest BCUT2D eigenvalue weighted by Gasteiger charge is 2.07. The van der Waals surface area contributed by atoms with Crippen LogP contribution >= 0.6 is 0 Å². The Morgan fingerprint density at radius 3 is 2.72 bits per heavy atom. The standard InChI is InChI=1S/C13H15NO4/c1-18-11-7-9(3-2-4-12(14)15)5-6-10(11)8-13(16)17/h2-3,5-7H,4,8H2,1H3,(H2,14,15)(H,16,17). The first kappa shape index (κ1) is 13.8. The van der Waals surface area contributed by atoms with Crippen LogP contribution in [0.4, 0.5) is 0 Å². The molecule has 0 unspecified atom stereocenters. The fourth-order valence-corrected chi connectivity index (χ4v) is 1.48. The third-order valence-corrected chi connectivity index (χ3v) is 2.28. The van der Waals surface area contributed by atoms with Crippen molar-refractivity contribution in [3.8, 4) is 5.75 Å². The van der Waals surface area contributed by atoms with Crippen LogP contribution in [0.1, 0.15) is 17.5 Å². The van der Waals surface area contributed by atoms with E-state index in [9.17, 15) is 9.59 Å². The van der Waals surface area contributed by atoms with Gasteiger partial charge >= 0.3 is 5.97 Å². The van der Waals surface area contributed by atoms with E-state index in [0.29, 0.717) is 11.3 Å². The summed E-state index contributed by atoms with van der Waals surface area (Å²) in [6.07, 6.45) is 3.46. The number of hydrogen-bond donors (Lipinski definition) is 2. The third-order valence-electron chi connectivity index (χ3n) is 2.28. The van der Waals surface area contributed by atoms with Gasteiger partial charge in [0, 0.05) is 12.0 Å². The van der Waals surface area contributed by atoms with Crippen molar-refractivity contribution >= 4 is 18.0 Å². The van der Waals surface area contributed by atoms with Crippen LogP contribution in [0.15, 0.2) is 24.3 Å². The lowest BCUT2D eigenvalue weighted by Crippen LogP contribution is -2.07. The fraction of sp³-hybridized carbons (Fsp3) is 0.231. The number of rotatable bonds is 6. The summed E-state index contributed by atoms with van der Waals surface area (Å²) in [5.74, 6) is -0.801. The van der Waals surface area contributed by atoms with E-state index >= 15 is 0 Å². The Morgan fingerprint density at radius 2 is 2.17 bits per heavy atom. The SMILES string of the molecule is COc1cc(C=CCC(N)=O)ccc1CC(=O)O. The van der Waals surface area contributed by atoms with E-state index in [1.54, 1.807) is 30.4 Å². The second-order valence-corrected chi connectivity index (χ2v) is 3.71. The van der Waals surface area contributed by atoms with Crippen LogP contribution in [0.2, 0.25) is 0 Å². The van der Waals surface area contributed by atoms with Crippen molar-refractivity contribution in [2.75, 3.05) is 7.11 Å². The summed E-state index contributed by atoms with van der Waals surface area (Å²) in [4.78, 5) is 21.2. The van der Waals surface area contributed by atoms with E-state index < -0.39 is 11.9 Å². The third kappa shape index (κ3) is 4.29. The lowest BCUT2D eigenvalue weighted by molar-refractivity contribution is -0.136. The first-order chi connectivity index (χ1) is 8.52. The van der Waals surface area contributed by atoms with Crippen LogP contribution in [-0.2, 0) is 16.0 Å². The lowest BCUT2D eigenvalue weighted by Gasteiger charge is -2.07. The molecule has 1 aromatic carbocycles. The number of nitrogens with two attached hydrogens (primary N) is 1. The summed E-state index contributed by atoms with van der Waals surface area (Å²) in [7, 11) is 1.48. The number of aliphatic carboxylic acids is 1. The molecule has 0 aliphatic rings.